The minimum atomic E-state index is -1.02. The lowest BCUT2D eigenvalue weighted by atomic mass is 10.2. The van der Waals surface area contributed by atoms with Gasteiger partial charge < -0.3 is 14.4 Å². The third-order valence-electron chi connectivity index (χ3n) is 4.38. The number of ketones is 1. The highest BCUT2D eigenvalue weighted by atomic mass is 16.5. The largest absolute Gasteiger partial charge is 0.477 e. The highest BCUT2D eigenvalue weighted by molar-refractivity contribution is 5.97. The van der Waals surface area contributed by atoms with Gasteiger partial charge in [-0.25, -0.2) is 4.79 Å². The number of Topliss-reactive ketones (excluding diaryl/α,β-unsaturated/α-hetero) is 1. The molecule has 0 spiro atoms. The number of aromatic carboxylic acids is 1. The molecule has 1 N–H and O–H groups in total. The molecule has 3 heterocycles. The van der Waals surface area contributed by atoms with Crippen molar-refractivity contribution in [3.8, 4) is 0 Å². The van der Waals surface area contributed by atoms with E-state index in [9.17, 15) is 14.7 Å². The summed E-state index contributed by atoms with van der Waals surface area (Å²) in [5.41, 5.74) is 0.578. The predicted molar refractivity (Wildman–Crippen MR) is 75.7 cm³/mol. The summed E-state index contributed by atoms with van der Waals surface area (Å²) in [6.07, 6.45) is 3.99. The monoisotopic (exact) mass is 292 g/mol. The zero-order valence-electron chi connectivity index (χ0n) is 12.1. The highest BCUT2D eigenvalue weighted by Gasteiger charge is 2.32. The fourth-order valence-electron chi connectivity index (χ4n) is 3.25. The fourth-order valence-corrected chi connectivity index (χ4v) is 3.25. The number of carbonyl (C=O) groups excluding carboxylic acids is 1. The van der Waals surface area contributed by atoms with Crippen LogP contribution in [0.5, 0.6) is 0 Å². The van der Waals surface area contributed by atoms with Gasteiger partial charge in [-0.05, 0) is 32.4 Å². The van der Waals surface area contributed by atoms with E-state index >= 15 is 0 Å². The first-order chi connectivity index (χ1) is 10.0. The molecule has 0 bridgehead atoms. The van der Waals surface area contributed by atoms with E-state index in [0.29, 0.717) is 24.8 Å². The maximum Gasteiger partial charge on any atom is 0.352 e. The van der Waals surface area contributed by atoms with E-state index in [0.717, 1.165) is 13.1 Å². The maximum atomic E-state index is 11.4. The molecule has 0 saturated carbocycles. The lowest BCUT2D eigenvalue weighted by Crippen LogP contribution is -2.47. The number of nitrogens with zero attached hydrogens (tertiary/aromatic N) is 2. The van der Waals surface area contributed by atoms with Crippen LogP contribution in [0.15, 0.2) is 12.3 Å². The van der Waals surface area contributed by atoms with E-state index < -0.39 is 5.97 Å². The molecular weight excluding hydrogens is 272 g/mol. The Bertz CT molecular complexity index is 566. The quantitative estimate of drug-likeness (QED) is 0.846. The number of carboxylic acids is 1. The van der Waals surface area contributed by atoms with Crippen LogP contribution in [0.25, 0.3) is 0 Å². The Kier molecular flexibility index (Phi) is 3.82. The molecule has 1 aromatic rings. The number of morpholine rings is 1. The minimum absolute atomic E-state index is 0.0235. The molecule has 6 nitrogen and oxygen atoms in total. The molecule has 0 aliphatic carbocycles. The number of hydrogen-bond acceptors (Lipinski definition) is 4. The van der Waals surface area contributed by atoms with Crippen LogP contribution in [0.3, 0.4) is 0 Å². The summed E-state index contributed by atoms with van der Waals surface area (Å²) in [7, 11) is 0. The number of aromatic nitrogens is 1. The van der Waals surface area contributed by atoms with Crippen LogP contribution in [0.1, 0.15) is 40.6 Å². The van der Waals surface area contributed by atoms with Gasteiger partial charge in [0.1, 0.15) is 5.69 Å². The Morgan fingerprint density at radius 1 is 1.48 bits per heavy atom. The number of ether oxygens (including phenoxy) is 1. The average molecular weight is 292 g/mol. The topological polar surface area (TPSA) is 71.8 Å². The first-order valence-corrected chi connectivity index (χ1v) is 7.34. The molecule has 2 aliphatic heterocycles. The summed E-state index contributed by atoms with van der Waals surface area (Å²) in [6, 6.07) is 1.96. The summed E-state index contributed by atoms with van der Waals surface area (Å²) in [5, 5.41) is 9.26. The second-order valence-corrected chi connectivity index (χ2v) is 5.87. The Balaban J connectivity index is 1.74. The molecule has 21 heavy (non-hydrogen) atoms. The molecule has 2 aliphatic rings. The number of fused-ring (bicyclic) bond motifs is 1. The van der Waals surface area contributed by atoms with Crippen molar-refractivity contribution >= 4 is 11.8 Å². The van der Waals surface area contributed by atoms with Crippen molar-refractivity contribution in [3.05, 3.63) is 23.5 Å². The van der Waals surface area contributed by atoms with Crippen LogP contribution in [-0.4, -0.2) is 58.2 Å². The average Bonchev–Trinajstić information content (AvgIpc) is 3.04. The van der Waals surface area contributed by atoms with Crippen molar-refractivity contribution in [3.63, 3.8) is 0 Å². The first kappa shape index (κ1) is 14.3. The summed E-state index contributed by atoms with van der Waals surface area (Å²) < 4.78 is 7.49. The molecule has 3 rings (SSSR count). The molecule has 6 heteroatoms. The van der Waals surface area contributed by atoms with Crippen molar-refractivity contribution in [2.45, 2.75) is 38.5 Å². The van der Waals surface area contributed by atoms with Crippen LogP contribution >= 0.6 is 0 Å². The van der Waals surface area contributed by atoms with Crippen LogP contribution in [0.2, 0.25) is 0 Å². The highest BCUT2D eigenvalue weighted by Crippen LogP contribution is 2.23. The SMILES string of the molecule is CC(=O)c1cc(C(=O)O)n(CC2CN3CCCC3CO2)c1. The van der Waals surface area contributed by atoms with E-state index in [1.807, 2.05) is 0 Å². The van der Waals surface area contributed by atoms with Crippen LogP contribution < -0.4 is 0 Å². The van der Waals surface area contributed by atoms with Gasteiger partial charge in [0, 0.05) is 24.3 Å². The predicted octanol–water partition coefficient (Wildman–Crippen LogP) is 1.25. The van der Waals surface area contributed by atoms with E-state index in [-0.39, 0.29) is 17.6 Å². The third kappa shape index (κ3) is 2.87. The van der Waals surface area contributed by atoms with Crippen LogP contribution in [0, 0.1) is 0 Å². The zero-order chi connectivity index (χ0) is 15.0. The van der Waals surface area contributed by atoms with E-state index in [2.05, 4.69) is 4.90 Å². The van der Waals surface area contributed by atoms with E-state index in [1.54, 1.807) is 10.8 Å². The van der Waals surface area contributed by atoms with Crippen molar-refractivity contribution in [1.82, 2.24) is 9.47 Å². The normalized spacial score (nSPS) is 25.8. The number of rotatable bonds is 4. The van der Waals surface area contributed by atoms with Crippen molar-refractivity contribution in [1.29, 1.82) is 0 Å². The molecule has 2 fully saturated rings. The molecule has 2 saturated heterocycles. The standard InChI is InChI=1S/C15H20N2O4/c1-10(18)11-5-14(15(19)20)17(6-11)8-13-7-16-4-2-3-12(16)9-21-13/h5-6,12-13H,2-4,7-9H2,1H3,(H,19,20). The Hall–Kier alpha value is -1.66. The Morgan fingerprint density at radius 3 is 3.00 bits per heavy atom. The molecule has 2 atom stereocenters. The van der Waals surface area contributed by atoms with Gasteiger partial charge in [0.25, 0.3) is 0 Å². The minimum Gasteiger partial charge on any atom is -0.477 e. The van der Waals surface area contributed by atoms with Crippen molar-refractivity contribution in [2.75, 3.05) is 19.7 Å². The molecule has 114 valence electrons. The molecule has 1 aromatic heterocycles. The molecular formula is C15H20N2O4. The Labute approximate surface area is 123 Å². The zero-order valence-corrected chi connectivity index (χ0v) is 12.1. The fraction of sp³-hybridized carbons (Fsp3) is 0.600. The van der Waals surface area contributed by atoms with Gasteiger partial charge in [-0.15, -0.1) is 0 Å². The smallest absolute Gasteiger partial charge is 0.352 e. The first-order valence-electron chi connectivity index (χ1n) is 7.34. The molecule has 2 unspecified atom stereocenters. The lowest BCUT2D eigenvalue weighted by molar-refractivity contribution is -0.0553. The number of carbonyl (C=O) groups is 2. The summed E-state index contributed by atoms with van der Waals surface area (Å²) >= 11 is 0. The van der Waals surface area contributed by atoms with Gasteiger partial charge in [0.05, 0.1) is 19.3 Å². The van der Waals surface area contributed by atoms with E-state index in [1.165, 1.54) is 25.8 Å². The maximum absolute atomic E-state index is 11.4. The lowest BCUT2D eigenvalue weighted by Gasteiger charge is -2.35. The second-order valence-electron chi connectivity index (χ2n) is 5.87. The van der Waals surface area contributed by atoms with Crippen LogP contribution in [-0.2, 0) is 11.3 Å². The van der Waals surface area contributed by atoms with Crippen molar-refractivity contribution < 1.29 is 19.4 Å². The van der Waals surface area contributed by atoms with E-state index in [4.69, 9.17) is 4.74 Å². The van der Waals surface area contributed by atoms with Gasteiger partial charge >= 0.3 is 5.97 Å². The van der Waals surface area contributed by atoms with Gasteiger partial charge in [-0.1, -0.05) is 0 Å². The van der Waals surface area contributed by atoms with Gasteiger partial charge in [-0.2, -0.15) is 0 Å². The van der Waals surface area contributed by atoms with Crippen LogP contribution in [0.4, 0.5) is 0 Å². The number of carboxylic acid groups (broad SMARTS) is 1. The van der Waals surface area contributed by atoms with Crippen molar-refractivity contribution in [2.24, 2.45) is 0 Å². The third-order valence-corrected chi connectivity index (χ3v) is 4.38. The van der Waals surface area contributed by atoms with Gasteiger partial charge in [-0.3, -0.25) is 9.69 Å². The summed E-state index contributed by atoms with van der Waals surface area (Å²) in [6.45, 7) is 4.56. The van der Waals surface area contributed by atoms with Gasteiger partial charge in [0.15, 0.2) is 5.78 Å². The summed E-state index contributed by atoms with van der Waals surface area (Å²) in [4.78, 5) is 25.1. The second kappa shape index (κ2) is 5.61. The molecule has 0 aromatic carbocycles. The number of hydrogen-bond donors (Lipinski definition) is 1. The summed E-state index contributed by atoms with van der Waals surface area (Å²) in [5.74, 6) is -1.14. The molecule has 0 radical (unpaired) electrons. The van der Waals surface area contributed by atoms with Gasteiger partial charge in [0.2, 0.25) is 0 Å². The molecule has 0 amide bonds. The Morgan fingerprint density at radius 2 is 2.29 bits per heavy atom.